The van der Waals surface area contributed by atoms with Crippen LogP contribution in [0.15, 0.2) is 24.4 Å². The number of phenols is 1. The number of nitrogens with one attached hydrogen (secondary N) is 2. The number of hydrogen-bond donors (Lipinski definition) is 3. The van der Waals surface area contributed by atoms with E-state index in [1.165, 1.54) is 23.1 Å². The van der Waals surface area contributed by atoms with Gasteiger partial charge in [0.05, 0.1) is 6.20 Å². The Morgan fingerprint density at radius 3 is 3.16 bits per heavy atom. The zero-order valence-electron chi connectivity index (χ0n) is 11.1. The van der Waals surface area contributed by atoms with Gasteiger partial charge in [0.25, 0.3) is 0 Å². The summed E-state index contributed by atoms with van der Waals surface area (Å²) in [5, 5.41) is 20.2. The second kappa shape index (κ2) is 5.05. The zero-order valence-corrected chi connectivity index (χ0v) is 11.1. The minimum atomic E-state index is 0.366. The third-order valence-corrected chi connectivity index (χ3v) is 3.91. The van der Waals surface area contributed by atoms with E-state index in [0.29, 0.717) is 11.8 Å². The molecule has 3 rings (SSSR count). The molecule has 19 heavy (non-hydrogen) atoms. The Morgan fingerprint density at radius 1 is 1.47 bits per heavy atom. The minimum absolute atomic E-state index is 0.366. The maximum absolute atomic E-state index is 9.56. The Bertz CT molecular complexity index is 577. The highest BCUT2D eigenvalue weighted by molar-refractivity contribution is 5.38. The van der Waals surface area contributed by atoms with Crippen LogP contribution < -0.4 is 5.32 Å². The minimum Gasteiger partial charge on any atom is -0.508 e. The van der Waals surface area contributed by atoms with Gasteiger partial charge in [-0.25, -0.2) is 0 Å². The highest BCUT2D eigenvalue weighted by Crippen LogP contribution is 2.32. The highest BCUT2D eigenvalue weighted by Gasteiger charge is 2.20. The number of fused-ring (bicyclic) bond motifs is 1. The molecular weight excluding hydrogens is 238 g/mol. The molecule has 0 amide bonds. The van der Waals surface area contributed by atoms with E-state index in [2.05, 4.69) is 15.5 Å². The maximum atomic E-state index is 9.56. The van der Waals surface area contributed by atoms with Crippen molar-refractivity contribution in [2.45, 2.75) is 38.8 Å². The monoisotopic (exact) mass is 257 g/mol. The van der Waals surface area contributed by atoms with E-state index in [9.17, 15) is 5.11 Å². The van der Waals surface area contributed by atoms with Gasteiger partial charge in [0.2, 0.25) is 0 Å². The first-order valence-electron chi connectivity index (χ1n) is 6.78. The molecule has 0 saturated heterocycles. The quantitative estimate of drug-likeness (QED) is 0.792. The lowest BCUT2D eigenvalue weighted by Gasteiger charge is -2.26. The molecular formula is C15H19N3O. The molecule has 1 atom stereocenters. The molecule has 1 aliphatic rings. The van der Waals surface area contributed by atoms with Crippen molar-refractivity contribution in [3.8, 4) is 5.75 Å². The number of nitrogens with zero attached hydrogens (tertiary/aromatic N) is 1. The van der Waals surface area contributed by atoms with Crippen molar-refractivity contribution in [1.82, 2.24) is 15.5 Å². The summed E-state index contributed by atoms with van der Waals surface area (Å²) in [5.74, 6) is 0.366. The van der Waals surface area contributed by atoms with Gasteiger partial charge in [0, 0.05) is 23.8 Å². The molecule has 0 radical (unpaired) electrons. The Balaban J connectivity index is 1.75. The summed E-state index contributed by atoms with van der Waals surface area (Å²) in [6, 6.07) is 6.09. The van der Waals surface area contributed by atoms with Crippen LogP contribution in [0.3, 0.4) is 0 Å². The molecule has 0 bridgehead atoms. The summed E-state index contributed by atoms with van der Waals surface area (Å²) in [6.07, 6.45) is 5.25. The smallest absolute Gasteiger partial charge is 0.115 e. The summed E-state index contributed by atoms with van der Waals surface area (Å²) in [7, 11) is 0. The van der Waals surface area contributed by atoms with Gasteiger partial charge in [0.15, 0.2) is 0 Å². The van der Waals surface area contributed by atoms with Gasteiger partial charge in [-0.3, -0.25) is 5.10 Å². The second-order valence-corrected chi connectivity index (χ2v) is 5.23. The van der Waals surface area contributed by atoms with Crippen LogP contribution in [0.2, 0.25) is 0 Å². The molecule has 1 heterocycles. The van der Waals surface area contributed by atoms with Crippen molar-refractivity contribution in [3.63, 3.8) is 0 Å². The molecule has 1 aliphatic carbocycles. The summed E-state index contributed by atoms with van der Waals surface area (Å²) in [6.45, 7) is 2.87. The predicted molar refractivity (Wildman–Crippen MR) is 74.0 cm³/mol. The number of aromatic amines is 1. The van der Waals surface area contributed by atoms with Crippen molar-refractivity contribution >= 4 is 0 Å². The van der Waals surface area contributed by atoms with Crippen molar-refractivity contribution in [2.75, 3.05) is 0 Å². The Labute approximate surface area is 112 Å². The topological polar surface area (TPSA) is 60.9 Å². The number of aryl methyl sites for hydroxylation is 2. The molecule has 1 unspecified atom stereocenters. The van der Waals surface area contributed by atoms with Gasteiger partial charge in [-0.05, 0) is 49.4 Å². The average molecular weight is 257 g/mol. The fourth-order valence-electron chi connectivity index (χ4n) is 2.80. The van der Waals surface area contributed by atoms with Crippen LogP contribution in [0.1, 0.15) is 41.3 Å². The summed E-state index contributed by atoms with van der Waals surface area (Å²) >= 11 is 0. The van der Waals surface area contributed by atoms with Gasteiger partial charge in [0.1, 0.15) is 5.75 Å². The van der Waals surface area contributed by atoms with Crippen LogP contribution in [0.5, 0.6) is 5.75 Å². The van der Waals surface area contributed by atoms with Crippen LogP contribution in [0.4, 0.5) is 0 Å². The van der Waals surface area contributed by atoms with E-state index in [-0.39, 0.29) is 0 Å². The lowest BCUT2D eigenvalue weighted by atomic mass is 9.87. The lowest BCUT2D eigenvalue weighted by molar-refractivity contribution is 0.449. The normalized spacial score (nSPS) is 18.3. The number of aromatic hydroxyl groups is 1. The first-order chi connectivity index (χ1) is 9.24. The van der Waals surface area contributed by atoms with Gasteiger partial charge in [-0.15, -0.1) is 0 Å². The second-order valence-electron chi connectivity index (χ2n) is 5.23. The lowest BCUT2D eigenvalue weighted by Crippen LogP contribution is -2.24. The molecule has 1 aromatic heterocycles. The maximum Gasteiger partial charge on any atom is 0.115 e. The molecule has 0 spiro atoms. The first kappa shape index (κ1) is 12.2. The van der Waals surface area contributed by atoms with E-state index in [4.69, 9.17) is 0 Å². The van der Waals surface area contributed by atoms with Crippen LogP contribution in [0, 0.1) is 6.92 Å². The van der Waals surface area contributed by atoms with Gasteiger partial charge >= 0.3 is 0 Å². The van der Waals surface area contributed by atoms with Crippen LogP contribution in [0.25, 0.3) is 0 Å². The fraction of sp³-hybridized carbons (Fsp3) is 0.400. The van der Waals surface area contributed by atoms with E-state index in [0.717, 1.165) is 25.1 Å². The number of rotatable bonds is 3. The van der Waals surface area contributed by atoms with Gasteiger partial charge in [-0.1, -0.05) is 6.07 Å². The standard InChI is InChI=1S/C15H19N3O/c1-10-12(9-17-18-10)8-16-15-4-2-3-11-7-13(19)5-6-14(11)15/h5-7,9,15-16,19H,2-4,8H2,1H3,(H,17,18). The summed E-state index contributed by atoms with van der Waals surface area (Å²) < 4.78 is 0. The number of phenolic OH excluding ortho intramolecular Hbond substituents is 1. The highest BCUT2D eigenvalue weighted by atomic mass is 16.3. The first-order valence-corrected chi connectivity index (χ1v) is 6.78. The van der Waals surface area contributed by atoms with E-state index in [1.54, 1.807) is 6.07 Å². The third-order valence-electron chi connectivity index (χ3n) is 3.91. The van der Waals surface area contributed by atoms with Crippen molar-refractivity contribution < 1.29 is 5.11 Å². The number of H-pyrrole nitrogens is 1. The summed E-state index contributed by atoms with van der Waals surface area (Å²) in [4.78, 5) is 0. The van der Waals surface area contributed by atoms with E-state index < -0.39 is 0 Å². The Morgan fingerprint density at radius 2 is 2.37 bits per heavy atom. The molecule has 0 saturated carbocycles. The third kappa shape index (κ3) is 2.49. The number of benzene rings is 1. The average Bonchev–Trinajstić information content (AvgIpc) is 2.81. The van der Waals surface area contributed by atoms with E-state index in [1.807, 2.05) is 25.3 Å². The molecule has 4 nitrogen and oxygen atoms in total. The molecule has 1 aromatic carbocycles. The Kier molecular flexibility index (Phi) is 3.25. The summed E-state index contributed by atoms with van der Waals surface area (Å²) in [5.41, 5.74) is 4.93. The number of aromatic nitrogens is 2. The van der Waals surface area contributed by atoms with Crippen molar-refractivity contribution in [1.29, 1.82) is 0 Å². The van der Waals surface area contributed by atoms with Crippen molar-refractivity contribution in [2.24, 2.45) is 0 Å². The fourth-order valence-corrected chi connectivity index (χ4v) is 2.80. The zero-order chi connectivity index (χ0) is 13.2. The molecule has 0 aliphatic heterocycles. The largest absolute Gasteiger partial charge is 0.508 e. The van der Waals surface area contributed by atoms with Crippen LogP contribution >= 0.6 is 0 Å². The van der Waals surface area contributed by atoms with Crippen LogP contribution in [-0.2, 0) is 13.0 Å². The molecule has 2 aromatic rings. The Hall–Kier alpha value is -1.81. The molecule has 4 heteroatoms. The van der Waals surface area contributed by atoms with E-state index >= 15 is 0 Å². The predicted octanol–water partition coefficient (Wildman–Crippen LogP) is 2.59. The van der Waals surface area contributed by atoms with Gasteiger partial charge < -0.3 is 10.4 Å². The molecule has 3 N–H and O–H groups in total. The van der Waals surface area contributed by atoms with Crippen LogP contribution in [-0.4, -0.2) is 15.3 Å². The number of hydrogen-bond acceptors (Lipinski definition) is 3. The van der Waals surface area contributed by atoms with Crippen molar-refractivity contribution in [3.05, 3.63) is 46.8 Å². The molecule has 0 fully saturated rings. The molecule has 100 valence electrons. The van der Waals surface area contributed by atoms with Gasteiger partial charge in [-0.2, -0.15) is 5.10 Å². The SMILES string of the molecule is Cc1[nH]ncc1CNC1CCCc2cc(O)ccc21.